The van der Waals surface area contributed by atoms with E-state index >= 15 is 0 Å². The molecule has 1 aliphatic carbocycles. The van der Waals surface area contributed by atoms with E-state index in [4.69, 9.17) is 4.74 Å². The van der Waals surface area contributed by atoms with Crippen molar-refractivity contribution in [1.82, 2.24) is 8.75 Å². The topological polar surface area (TPSA) is 35.0 Å². The van der Waals surface area contributed by atoms with Gasteiger partial charge in [0.1, 0.15) is 6.20 Å². The summed E-state index contributed by atoms with van der Waals surface area (Å²) in [5.41, 5.74) is 0. The summed E-state index contributed by atoms with van der Waals surface area (Å²) < 4.78 is 13.4. The van der Waals surface area contributed by atoms with Crippen LogP contribution in [0.15, 0.2) is 6.20 Å². The maximum Gasteiger partial charge on any atom is 0.245 e. The molecule has 1 saturated carbocycles. The molecule has 1 fully saturated rings. The normalized spacial score (nSPS) is 17.9. The number of rotatable bonds is 5. The Morgan fingerprint density at radius 3 is 2.93 bits per heavy atom. The van der Waals surface area contributed by atoms with Gasteiger partial charge in [-0.05, 0) is 18.8 Å². The molecule has 0 radical (unpaired) electrons. The van der Waals surface area contributed by atoms with Gasteiger partial charge in [-0.25, -0.2) is 0 Å². The van der Waals surface area contributed by atoms with Crippen LogP contribution < -0.4 is 4.74 Å². The average Bonchev–Trinajstić information content (AvgIpc) is 2.79. The molecule has 4 heteroatoms. The highest BCUT2D eigenvalue weighted by atomic mass is 32.1. The Labute approximate surface area is 95.2 Å². The summed E-state index contributed by atoms with van der Waals surface area (Å²) in [6.07, 6.45) is 11.3. The van der Waals surface area contributed by atoms with Crippen LogP contribution in [-0.2, 0) is 0 Å². The van der Waals surface area contributed by atoms with Gasteiger partial charge in [0.05, 0.1) is 18.3 Å². The van der Waals surface area contributed by atoms with Gasteiger partial charge < -0.3 is 4.74 Å². The van der Waals surface area contributed by atoms with Crippen molar-refractivity contribution in [2.24, 2.45) is 5.92 Å². The van der Waals surface area contributed by atoms with Gasteiger partial charge in [0.2, 0.25) is 5.88 Å². The summed E-state index contributed by atoms with van der Waals surface area (Å²) >= 11 is 1.20. The third kappa shape index (κ3) is 3.78. The van der Waals surface area contributed by atoms with Crippen molar-refractivity contribution >= 4 is 11.7 Å². The second-order valence-corrected chi connectivity index (χ2v) is 4.80. The molecule has 0 bridgehead atoms. The minimum absolute atomic E-state index is 0.684. The van der Waals surface area contributed by atoms with E-state index in [0.717, 1.165) is 18.9 Å². The van der Waals surface area contributed by atoms with Crippen molar-refractivity contribution in [3.63, 3.8) is 0 Å². The molecule has 0 unspecified atom stereocenters. The van der Waals surface area contributed by atoms with E-state index in [1.807, 2.05) is 0 Å². The van der Waals surface area contributed by atoms with Crippen LogP contribution in [0.4, 0.5) is 0 Å². The Kier molecular flexibility index (Phi) is 4.39. The molecule has 0 spiro atoms. The van der Waals surface area contributed by atoms with Crippen LogP contribution in [-0.4, -0.2) is 15.4 Å². The standard InChI is InChI=1S/C11H18N2OS/c1-2-5-10(6-3-1)7-4-8-14-11-9-12-15-13-11/h9-10H,1-8H2. The van der Waals surface area contributed by atoms with Crippen molar-refractivity contribution < 1.29 is 4.74 Å². The molecule has 0 aliphatic heterocycles. The summed E-state index contributed by atoms with van der Waals surface area (Å²) in [5, 5.41) is 0. The van der Waals surface area contributed by atoms with Crippen LogP contribution in [0, 0.1) is 5.92 Å². The Bertz CT molecular complexity index is 258. The van der Waals surface area contributed by atoms with E-state index in [2.05, 4.69) is 8.75 Å². The summed E-state index contributed by atoms with van der Waals surface area (Å²) in [6.45, 7) is 0.794. The highest BCUT2D eigenvalue weighted by Gasteiger charge is 2.12. The predicted octanol–water partition coefficient (Wildman–Crippen LogP) is 3.28. The predicted molar refractivity (Wildman–Crippen MR) is 61.2 cm³/mol. The summed E-state index contributed by atoms with van der Waals surface area (Å²) in [4.78, 5) is 0. The molecule has 15 heavy (non-hydrogen) atoms. The molecular formula is C11H18N2OS. The minimum atomic E-state index is 0.684. The monoisotopic (exact) mass is 226 g/mol. The van der Waals surface area contributed by atoms with Gasteiger partial charge in [0, 0.05) is 0 Å². The molecule has 0 aromatic carbocycles. The maximum atomic E-state index is 5.47. The van der Waals surface area contributed by atoms with Crippen molar-refractivity contribution in [3.05, 3.63) is 6.20 Å². The molecule has 3 nitrogen and oxygen atoms in total. The minimum Gasteiger partial charge on any atom is -0.476 e. The van der Waals surface area contributed by atoms with Gasteiger partial charge in [0.15, 0.2) is 0 Å². The number of hydrogen-bond donors (Lipinski definition) is 0. The molecule has 2 rings (SSSR count). The lowest BCUT2D eigenvalue weighted by Crippen LogP contribution is -2.08. The quantitative estimate of drug-likeness (QED) is 0.723. The van der Waals surface area contributed by atoms with E-state index < -0.39 is 0 Å². The van der Waals surface area contributed by atoms with E-state index in [0.29, 0.717) is 5.88 Å². The molecule has 0 saturated heterocycles. The van der Waals surface area contributed by atoms with Gasteiger partial charge in [-0.2, -0.15) is 4.37 Å². The van der Waals surface area contributed by atoms with Gasteiger partial charge in [-0.1, -0.05) is 32.1 Å². The summed E-state index contributed by atoms with van der Waals surface area (Å²) in [7, 11) is 0. The molecule has 1 heterocycles. The van der Waals surface area contributed by atoms with Gasteiger partial charge in [-0.15, -0.1) is 4.37 Å². The third-order valence-corrected chi connectivity index (χ3v) is 3.53. The SMILES string of the molecule is c1nsnc1OCCCC1CCCCC1. The molecule has 0 amide bonds. The van der Waals surface area contributed by atoms with Crippen molar-refractivity contribution in [2.75, 3.05) is 6.61 Å². The molecule has 84 valence electrons. The largest absolute Gasteiger partial charge is 0.476 e. The highest BCUT2D eigenvalue weighted by molar-refractivity contribution is 6.99. The van der Waals surface area contributed by atoms with Crippen LogP contribution in [0.1, 0.15) is 44.9 Å². The summed E-state index contributed by atoms with van der Waals surface area (Å²) in [6, 6.07) is 0. The maximum absolute atomic E-state index is 5.47. The first-order valence-corrected chi connectivity index (χ1v) is 6.58. The fourth-order valence-electron chi connectivity index (χ4n) is 2.24. The fourth-order valence-corrected chi connectivity index (χ4v) is 2.61. The lowest BCUT2D eigenvalue weighted by molar-refractivity contribution is 0.264. The Morgan fingerprint density at radius 2 is 2.20 bits per heavy atom. The fraction of sp³-hybridized carbons (Fsp3) is 0.818. The van der Waals surface area contributed by atoms with E-state index in [9.17, 15) is 0 Å². The van der Waals surface area contributed by atoms with Gasteiger partial charge in [0.25, 0.3) is 0 Å². The zero-order valence-corrected chi connectivity index (χ0v) is 9.84. The van der Waals surface area contributed by atoms with Crippen molar-refractivity contribution in [1.29, 1.82) is 0 Å². The zero-order valence-electron chi connectivity index (χ0n) is 9.02. The molecule has 1 aromatic heterocycles. The van der Waals surface area contributed by atoms with Crippen LogP contribution in [0.3, 0.4) is 0 Å². The van der Waals surface area contributed by atoms with Crippen molar-refractivity contribution in [3.8, 4) is 5.88 Å². The Morgan fingerprint density at radius 1 is 1.33 bits per heavy atom. The number of nitrogens with zero attached hydrogens (tertiary/aromatic N) is 2. The molecular weight excluding hydrogens is 208 g/mol. The molecule has 1 aromatic rings. The smallest absolute Gasteiger partial charge is 0.245 e. The summed E-state index contributed by atoms with van der Waals surface area (Å²) in [5.74, 6) is 1.64. The first-order valence-electron chi connectivity index (χ1n) is 5.85. The van der Waals surface area contributed by atoms with E-state index in [1.165, 1.54) is 50.3 Å². The van der Waals surface area contributed by atoms with Gasteiger partial charge >= 0.3 is 0 Å². The van der Waals surface area contributed by atoms with E-state index in [1.54, 1.807) is 6.20 Å². The number of hydrogen-bond acceptors (Lipinski definition) is 4. The van der Waals surface area contributed by atoms with Crippen molar-refractivity contribution in [2.45, 2.75) is 44.9 Å². The zero-order chi connectivity index (χ0) is 10.3. The second kappa shape index (κ2) is 6.05. The lowest BCUT2D eigenvalue weighted by Gasteiger charge is -2.21. The molecule has 0 atom stereocenters. The van der Waals surface area contributed by atoms with Crippen LogP contribution in [0.2, 0.25) is 0 Å². The number of ether oxygens (including phenoxy) is 1. The Hall–Kier alpha value is -0.640. The lowest BCUT2D eigenvalue weighted by atomic mass is 9.86. The average molecular weight is 226 g/mol. The van der Waals surface area contributed by atoms with Gasteiger partial charge in [-0.3, -0.25) is 0 Å². The van der Waals surface area contributed by atoms with Crippen LogP contribution in [0.5, 0.6) is 5.88 Å². The van der Waals surface area contributed by atoms with Crippen LogP contribution in [0.25, 0.3) is 0 Å². The Balaban J connectivity index is 1.54. The molecule has 0 N–H and O–H groups in total. The highest BCUT2D eigenvalue weighted by Crippen LogP contribution is 2.27. The molecule has 1 aliphatic rings. The third-order valence-electron chi connectivity index (χ3n) is 3.07. The number of aromatic nitrogens is 2. The van der Waals surface area contributed by atoms with E-state index in [-0.39, 0.29) is 0 Å². The second-order valence-electron chi connectivity index (χ2n) is 4.24. The first kappa shape index (κ1) is 10.9. The van der Waals surface area contributed by atoms with Crippen LogP contribution >= 0.6 is 11.7 Å². The first-order chi connectivity index (χ1) is 7.45.